The van der Waals surface area contributed by atoms with Crippen LogP contribution in [0.3, 0.4) is 0 Å². The van der Waals surface area contributed by atoms with Crippen LogP contribution in [0.2, 0.25) is 0 Å². The van der Waals surface area contributed by atoms with E-state index in [1.165, 1.54) is 4.90 Å². The van der Waals surface area contributed by atoms with Gasteiger partial charge >= 0.3 is 0 Å². The first-order valence-electron chi connectivity index (χ1n) is 7.82. The normalized spacial score (nSPS) is 9.88. The summed E-state index contributed by atoms with van der Waals surface area (Å²) in [6.45, 7) is 0.354. The molecule has 0 saturated heterocycles. The molecule has 25 heavy (non-hydrogen) atoms. The summed E-state index contributed by atoms with van der Waals surface area (Å²) >= 11 is 0. The van der Waals surface area contributed by atoms with Crippen molar-refractivity contribution in [2.45, 2.75) is 13.0 Å². The number of nitriles is 1. The molecule has 0 heterocycles. The number of nitrogens with zero attached hydrogens (tertiary/aromatic N) is 2. The van der Waals surface area contributed by atoms with E-state index in [1.807, 2.05) is 36.4 Å². The number of carbonyl (C=O) groups excluding carboxylic acids is 2. The molecule has 0 aromatic heterocycles. The number of para-hydroxylation sites is 1. The van der Waals surface area contributed by atoms with Crippen molar-refractivity contribution in [3.05, 3.63) is 65.7 Å². The highest BCUT2D eigenvalue weighted by atomic mass is 16.5. The molecule has 6 heteroatoms. The number of amides is 2. The van der Waals surface area contributed by atoms with Crippen LogP contribution in [0.4, 0.5) is 0 Å². The van der Waals surface area contributed by atoms with Gasteiger partial charge in [-0.05, 0) is 17.7 Å². The number of rotatable bonds is 8. The van der Waals surface area contributed by atoms with Gasteiger partial charge in [-0.3, -0.25) is 9.59 Å². The largest absolute Gasteiger partial charge is 0.482 e. The fourth-order valence-corrected chi connectivity index (χ4v) is 2.26. The molecule has 0 atom stereocenters. The first-order valence-corrected chi connectivity index (χ1v) is 7.82. The molecule has 2 rings (SSSR count). The molecule has 0 unspecified atom stereocenters. The summed E-state index contributed by atoms with van der Waals surface area (Å²) in [7, 11) is 0. The van der Waals surface area contributed by atoms with Gasteiger partial charge in [0, 0.05) is 19.5 Å². The predicted molar refractivity (Wildman–Crippen MR) is 92.3 cm³/mol. The predicted octanol–water partition coefficient (Wildman–Crippen LogP) is 1.84. The summed E-state index contributed by atoms with van der Waals surface area (Å²) in [6, 6.07) is 18.2. The van der Waals surface area contributed by atoms with Crippen molar-refractivity contribution in [3.63, 3.8) is 0 Å². The number of nitrogens with two attached hydrogens (primary N) is 1. The molecule has 0 aliphatic rings. The van der Waals surface area contributed by atoms with Gasteiger partial charge in [0.2, 0.25) is 5.91 Å². The second-order valence-electron chi connectivity index (χ2n) is 5.41. The third-order valence-corrected chi connectivity index (χ3v) is 3.56. The Morgan fingerprint density at radius 1 is 1.08 bits per heavy atom. The Bertz CT molecular complexity index is 769. The molecule has 2 aromatic carbocycles. The van der Waals surface area contributed by atoms with Gasteiger partial charge in [0.25, 0.3) is 5.91 Å². The maximum Gasteiger partial charge on any atom is 0.260 e. The molecule has 0 bridgehead atoms. The standard InChI is InChI=1S/C19H19N3O3/c20-12-16-8-4-5-9-17(16)25-14-19(24)22(11-10-18(21)23)13-15-6-2-1-3-7-15/h1-9H,10-11,13-14H2,(H2,21,23). The van der Waals surface area contributed by atoms with Crippen LogP contribution in [-0.2, 0) is 16.1 Å². The first kappa shape index (κ1) is 18.0. The topological polar surface area (TPSA) is 96.4 Å². The number of ether oxygens (including phenoxy) is 1. The Kier molecular flexibility index (Phi) is 6.55. The molecular weight excluding hydrogens is 318 g/mol. The van der Waals surface area contributed by atoms with Gasteiger partial charge in [-0.25, -0.2) is 0 Å². The quantitative estimate of drug-likeness (QED) is 0.795. The molecule has 0 radical (unpaired) electrons. The highest BCUT2D eigenvalue weighted by Crippen LogP contribution is 2.16. The van der Waals surface area contributed by atoms with Crippen molar-refractivity contribution in [1.82, 2.24) is 4.90 Å². The summed E-state index contributed by atoms with van der Waals surface area (Å²) in [5.41, 5.74) is 6.50. The van der Waals surface area contributed by atoms with Crippen molar-refractivity contribution < 1.29 is 14.3 Å². The lowest BCUT2D eigenvalue weighted by atomic mass is 10.2. The SMILES string of the molecule is N#Cc1ccccc1OCC(=O)N(CCC(N)=O)Cc1ccccc1. The van der Waals surface area contributed by atoms with Crippen molar-refractivity contribution >= 4 is 11.8 Å². The molecule has 128 valence electrons. The first-order chi connectivity index (χ1) is 12.1. The minimum absolute atomic E-state index is 0.0767. The van der Waals surface area contributed by atoms with E-state index >= 15 is 0 Å². The number of hydrogen-bond acceptors (Lipinski definition) is 4. The van der Waals surface area contributed by atoms with E-state index in [9.17, 15) is 9.59 Å². The van der Waals surface area contributed by atoms with Gasteiger partial charge in [0.15, 0.2) is 6.61 Å². The maximum absolute atomic E-state index is 12.5. The average molecular weight is 337 g/mol. The molecule has 2 N–H and O–H groups in total. The maximum atomic E-state index is 12.5. The molecule has 0 aliphatic carbocycles. The van der Waals surface area contributed by atoms with Crippen LogP contribution in [0.1, 0.15) is 17.5 Å². The number of benzene rings is 2. The molecule has 2 amide bonds. The molecule has 6 nitrogen and oxygen atoms in total. The molecular formula is C19H19N3O3. The van der Waals surface area contributed by atoms with E-state index in [-0.39, 0.29) is 25.5 Å². The summed E-state index contributed by atoms with van der Waals surface area (Å²) in [5.74, 6) is -0.396. The van der Waals surface area contributed by atoms with Crippen LogP contribution in [0.15, 0.2) is 54.6 Å². The van der Waals surface area contributed by atoms with Gasteiger partial charge in [0.05, 0.1) is 5.56 Å². The van der Waals surface area contributed by atoms with Gasteiger partial charge < -0.3 is 15.4 Å². The van der Waals surface area contributed by atoms with Crippen LogP contribution in [0, 0.1) is 11.3 Å². The monoisotopic (exact) mass is 337 g/mol. The van der Waals surface area contributed by atoms with Gasteiger partial charge in [-0.1, -0.05) is 42.5 Å². The third-order valence-electron chi connectivity index (χ3n) is 3.56. The fraction of sp³-hybridized carbons (Fsp3) is 0.211. The average Bonchev–Trinajstić information content (AvgIpc) is 2.64. The Hall–Kier alpha value is -3.33. The van der Waals surface area contributed by atoms with E-state index in [0.717, 1.165) is 5.56 Å². The number of carbonyl (C=O) groups is 2. The highest BCUT2D eigenvalue weighted by Gasteiger charge is 2.16. The molecule has 0 fully saturated rings. The van der Waals surface area contributed by atoms with E-state index in [1.54, 1.807) is 24.3 Å². The Morgan fingerprint density at radius 2 is 1.76 bits per heavy atom. The molecule has 0 aliphatic heterocycles. The van der Waals surface area contributed by atoms with E-state index in [4.69, 9.17) is 15.7 Å². The fourth-order valence-electron chi connectivity index (χ4n) is 2.26. The van der Waals surface area contributed by atoms with Crippen molar-refractivity contribution in [3.8, 4) is 11.8 Å². The molecule has 0 saturated carbocycles. The zero-order valence-electron chi connectivity index (χ0n) is 13.7. The molecule has 0 spiro atoms. The Labute approximate surface area is 146 Å². The van der Waals surface area contributed by atoms with Gasteiger partial charge in [-0.15, -0.1) is 0 Å². The van der Waals surface area contributed by atoms with Crippen LogP contribution >= 0.6 is 0 Å². The zero-order valence-corrected chi connectivity index (χ0v) is 13.7. The second-order valence-corrected chi connectivity index (χ2v) is 5.41. The van der Waals surface area contributed by atoms with Crippen molar-refractivity contribution in [2.24, 2.45) is 5.73 Å². The zero-order chi connectivity index (χ0) is 18.1. The van der Waals surface area contributed by atoms with Crippen LogP contribution < -0.4 is 10.5 Å². The lowest BCUT2D eigenvalue weighted by Gasteiger charge is -2.22. The minimum Gasteiger partial charge on any atom is -0.482 e. The lowest BCUT2D eigenvalue weighted by Crippen LogP contribution is -2.36. The second kappa shape index (κ2) is 9.08. The number of primary amides is 1. The lowest BCUT2D eigenvalue weighted by molar-refractivity contribution is -0.134. The smallest absolute Gasteiger partial charge is 0.260 e. The summed E-state index contributed by atoms with van der Waals surface area (Å²) in [4.78, 5) is 25.1. The van der Waals surface area contributed by atoms with Crippen molar-refractivity contribution in [1.29, 1.82) is 5.26 Å². The van der Waals surface area contributed by atoms with E-state index < -0.39 is 5.91 Å². The van der Waals surface area contributed by atoms with Crippen LogP contribution in [0.5, 0.6) is 5.75 Å². The van der Waals surface area contributed by atoms with E-state index in [0.29, 0.717) is 17.9 Å². The van der Waals surface area contributed by atoms with Crippen molar-refractivity contribution in [2.75, 3.05) is 13.2 Å². The third kappa shape index (κ3) is 5.66. The van der Waals surface area contributed by atoms with E-state index in [2.05, 4.69) is 0 Å². The van der Waals surface area contributed by atoms with Gasteiger partial charge in [-0.2, -0.15) is 5.26 Å². The Morgan fingerprint density at radius 3 is 2.44 bits per heavy atom. The number of hydrogen-bond donors (Lipinski definition) is 1. The summed E-state index contributed by atoms with van der Waals surface area (Å²) in [6.07, 6.45) is 0.0767. The molecule has 2 aromatic rings. The van der Waals surface area contributed by atoms with Crippen LogP contribution in [-0.4, -0.2) is 29.9 Å². The highest BCUT2D eigenvalue weighted by molar-refractivity contribution is 5.79. The Balaban J connectivity index is 2.03. The minimum atomic E-state index is -0.471. The summed E-state index contributed by atoms with van der Waals surface area (Å²) < 4.78 is 5.49. The summed E-state index contributed by atoms with van der Waals surface area (Å²) in [5, 5.41) is 9.06. The van der Waals surface area contributed by atoms with Gasteiger partial charge in [0.1, 0.15) is 11.8 Å². The van der Waals surface area contributed by atoms with Crippen LogP contribution in [0.25, 0.3) is 0 Å².